The van der Waals surface area contributed by atoms with Gasteiger partial charge in [-0.25, -0.2) is 4.98 Å². The van der Waals surface area contributed by atoms with Crippen LogP contribution in [0.25, 0.3) is 0 Å². The lowest BCUT2D eigenvalue weighted by molar-refractivity contribution is -0.0510. The Hall–Kier alpha value is -0.450. The van der Waals surface area contributed by atoms with Crippen molar-refractivity contribution < 1.29 is 4.74 Å². The molecule has 1 aliphatic carbocycles. The number of rotatable bonds is 4. The zero-order chi connectivity index (χ0) is 10.9. The van der Waals surface area contributed by atoms with Crippen molar-refractivity contribution in [1.82, 2.24) is 10.3 Å². The van der Waals surface area contributed by atoms with E-state index in [0.717, 1.165) is 25.1 Å². The van der Waals surface area contributed by atoms with Gasteiger partial charge in [0, 0.05) is 17.7 Å². The van der Waals surface area contributed by atoms with Gasteiger partial charge < -0.3 is 10.1 Å². The summed E-state index contributed by atoms with van der Waals surface area (Å²) in [7, 11) is 2.01. The van der Waals surface area contributed by atoms with Crippen molar-refractivity contribution in [3.8, 4) is 0 Å². The lowest BCUT2D eigenvalue weighted by Gasteiger charge is -2.45. The number of aromatic nitrogens is 1. The number of nitrogens with one attached hydrogen (secondary N) is 1. The summed E-state index contributed by atoms with van der Waals surface area (Å²) in [5.41, 5.74) is 1.20. The van der Waals surface area contributed by atoms with E-state index in [2.05, 4.69) is 15.7 Å². The van der Waals surface area contributed by atoms with Crippen LogP contribution in [0.4, 0.5) is 0 Å². The fourth-order valence-corrected chi connectivity index (χ4v) is 3.16. The predicted octanol–water partition coefficient (Wildman–Crippen LogP) is 2.07. The topological polar surface area (TPSA) is 34.1 Å². The van der Waals surface area contributed by atoms with E-state index in [-0.39, 0.29) is 5.54 Å². The number of aryl methyl sites for hydroxylation is 1. The first-order valence-electron chi connectivity index (χ1n) is 5.43. The molecule has 1 N–H and O–H groups in total. The highest BCUT2D eigenvalue weighted by molar-refractivity contribution is 7.09. The summed E-state index contributed by atoms with van der Waals surface area (Å²) in [6, 6.07) is 0. The van der Waals surface area contributed by atoms with Crippen LogP contribution in [0.2, 0.25) is 0 Å². The average molecular weight is 226 g/mol. The van der Waals surface area contributed by atoms with Crippen LogP contribution in [-0.2, 0) is 10.3 Å². The van der Waals surface area contributed by atoms with Gasteiger partial charge in [0.25, 0.3) is 0 Å². The largest absolute Gasteiger partial charge is 0.378 e. The molecule has 1 heterocycles. The predicted molar refractivity (Wildman–Crippen MR) is 62.2 cm³/mol. The molecule has 1 aliphatic rings. The summed E-state index contributed by atoms with van der Waals surface area (Å²) in [4.78, 5) is 4.57. The summed E-state index contributed by atoms with van der Waals surface area (Å²) >= 11 is 1.75. The Bertz CT molecular complexity index is 331. The normalized spacial score (nSPS) is 30.2. The van der Waals surface area contributed by atoms with Crippen LogP contribution in [0.1, 0.15) is 30.5 Å². The first kappa shape index (κ1) is 11.0. The maximum absolute atomic E-state index is 5.60. The van der Waals surface area contributed by atoms with E-state index in [9.17, 15) is 0 Å². The summed E-state index contributed by atoms with van der Waals surface area (Å²) < 4.78 is 5.60. The van der Waals surface area contributed by atoms with Gasteiger partial charge in [0.05, 0.1) is 11.6 Å². The van der Waals surface area contributed by atoms with Gasteiger partial charge in [0.1, 0.15) is 5.01 Å². The first-order valence-corrected chi connectivity index (χ1v) is 6.31. The molecule has 4 heteroatoms. The van der Waals surface area contributed by atoms with E-state index < -0.39 is 0 Å². The molecule has 1 saturated carbocycles. The number of hydrogen-bond acceptors (Lipinski definition) is 4. The van der Waals surface area contributed by atoms with E-state index in [1.807, 2.05) is 20.9 Å². The minimum absolute atomic E-state index is 0.0821. The van der Waals surface area contributed by atoms with Crippen LogP contribution in [0.5, 0.6) is 0 Å². The van der Waals surface area contributed by atoms with E-state index >= 15 is 0 Å². The van der Waals surface area contributed by atoms with E-state index in [0.29, 0.717) is 6.10 Å². The molecule has 1 aromatic rings. The molecule has 0 atom stereocenters. The third-order valence-electron chi connectivity index (χ3n) is 3.06. The molecule has 84 valence electrons. The smallest absolute Gasteiger partial charge is 0.113 e. The molecule has 0 bridgehead atoms. The minimum atomic E-state index is 0.0821. The maximum Gasteiger partial charge on any atom is 0.113 e. The standard InChI is InChI=1S/C11H18N2OS/c1-4-14-9-5-11(6-9,12-3)10-13-8(2)7-15-10/h7,9,12H,4-6H2,1-3H3. The molecule has 3 nitrogen and oxygen atoms in total. The Balaban J connectivity index is 2.06. The number of ether oxygens (including phenoxy) is 1. The average Bonchev–Trinajstić information content (AvgIpc) is 2.58. The quantitative estimate of drug-likeness (QED) is 0.853. The molecule has 2 rings (SSSR count). The first-order chi connectivity index (χ1) is 7.20. The summed E-state index contributed by atoms with van der Waals surface area (Å²) in [6.07, 6.45) is 2.50. The molecule has 0 radical (unpaired) electrons. The Morgan fingerprint density at radius 2 is 2.40 bits per heavy atom. The highest BCUT2D eigenvalue weighted by Crippen LogP contribution is 2.43. The van der Waals surface area contributed by atoms with Gasteiger partial charge in [-0.2, -0.15) is 0 Å². The molecule has 0 aromatic carbocycles. The lowest BCUT2D eigenvalue weighted by atomic mass is 9.74. The van der Waals surface area contributed by atoms with Gasteiger partial charge in [-0.3, -0.25) is 0 Å². The molecule has 15 heavy (non-hydrogen) atoms. The van der Waals surface area contributed by atoms with Crippen molar-refractivity contribution in [2.45, 2.75) is 38.3 Å². The van der Waals surface area contributed by atoms with Crippen LogP contribution >= 0.6 is 11.3 Å². The van der Waals surface area contributed by atoms with Crippen LogP contribution in [0.3, 0.4) is 0 Å². The second kappa shape index (κ2) is 4.20. The van der Waals surface area contributed by atoms with Crippen molar-refractivity contribution >= 4 is 11.3 Å². The van der Waals surface area contributed by atoms with Crippen molar-refractivity contribution in [3.05, 3.63) is 16.1 Å². The van der Waals surface area contributed by atoms with Gasteiger partial charge in [0.2, 0.25) is 0 Å². The second-order valence-corrected chi connectivity index (χ2v) is 4.97. The molecule has 0 spiro atoms. The van der Waals surface area contributed by atoms with Crippen molar-refractivity contribution in [1.29, 1.82) is 0 Å². The number of nitrogens with zero attached hydrogens (tertiary/aromatic N) is 1. The van der Waals surface area contributed by atoms with Gasteiger partial charge >= 0.3 is 0 Å². The lowest BCUT2D eigenvalue weighted by Crippen LogP contribution is -2.54. The maximum atomic E-state index is 5.60. The van der Waals surface area contributed by atoms with Crippen molar-refractivity contribution in [3.63, 3.8) is 0 Å². The SMILES string of the molecule is CCOC1CC(NC)(c2nc(C)cs2)C1. The molecule has 0 saturated heterocycles. The summed E-state index contributed by atoms with van der Waals surface area (Å²) in [5.74, 6) is 0. The van der Waals surface area contributed by atoms with E-state index in [1.165, 1.54) is 5.01 Å². The summed E-state index contributed by atoms with van der Waals surface area (Å²) in [5, 5.41) is 6.72. The van der Waals surface area contributed by atoms with Gasteiger partial charge in [-0.1, -0.05) is 0 Å². The third-order valence-corrected chi connectivity index (χ3v) is 4.23. The Kier molecular flexibility index (Phi) is 3.09. The Labute approximate surface area is 94.9 Å². The molecule has 0 amide bonds. The zero-order valence-electron chi connectivity index (χ0n) is 9.54. The van der Waals surface area contributed by atoms with Crippen LogP contribution < -0.4 is 5.32 Å². The molecule has 1 aromatic heterocycles. The molecule has 0 aliphatic heterocycles. The van der Waals surface area contributed by atoms with Crippen molar-refractivity contribution in [2.24, 2.45) is 0 Å². The number of hydrogen-bond donors (Lipinski definition) is 1. The zero-order valence-corrected chi connectivity index (χ0v) is 10.4. The molecule has 1 fully saturated rings. The monoisotopic (exact) mass is 226 g/mol. The van der Waals surface area contributed by atoms with E-state index in [4.69, 9.17) is 4.74 Å². The minimum Gasteiger partial charge on any atom is -0.378 e. The fraction of sp³-hybridized carbons (Fsp3) is 0.727. The highest BCUT2D eigenvalue weighted by Gasteiger charge is 2.47. The third kappa shape index (κ3) is 1.94. The fourth-order valence-electron chi connectivity index (χ4n) is 2.13. The Morgan fingerprint density at radius 1 is 1.67 bits per heavy atom. The van der Waals surface area contributed by atoms with Gasteiger partial charge in [-0.05, 0) is 33.7 Å². The summed E-state index contributed by atoms with van der Waals surface area (Å²) in [6.45, 7) is 4.90. The second-order valence-electron chi connectivity index (χ2n) is 4.11. The van der Waals surface area contributed by atoms with Crippen LogP contribution in [0.15, 0.2) is 5.38 Å². The van der Waals surface area contributed by atoms with Gasteiger partial charge in [-0.15, -0.1) is 11.3 Å². The van der Waals surface area contributed by atoms with E-state index in [1.54, 1.807) is 11.3 Å². The van der Waals surface area contributed by atoms with Crippen molar-refractivity contribution in [2.75, 3.05) is 13.7 Å². The molecular formula is C11H18N2OS. The number of thiazole rings is 1. The molecule has 0 unspecified atom stereocenters. The molecular weight excluding hydrogens is 208 g/mol. The van der Waals surface area contributed by atoms with Crippen LogP contribution in [-0.4, -0.2) is 24.7 Å². The van der Waals surface area contributed by atoms with Gasteiger partial charge in [0.15, 0.2) is 0 Å². The highest BCUT2D eigenvalue weighted by atomic mass is 32.1. The van der Waals surface area contributed by atoms with Crippen LogP contribution in [0, 0.1) is 6.92 Å². The Morgan fingerprint density at radius 3 is 2.87 bits per heavy atom.